The van der Waals surface area contributed by atoms with E-state index in [2.05, 4.69) is 10.3 Å². The topological polar surface area (TPSA) is 86.0 Å². The predicted octanol–water partition coefficient (Wildman–Crippen LogP) is 7.95. The minimum atomic E-state index is -4.72. The molecule has 1 N–H and O–H groups in total. The number of ketones is 1. The molecule has 0 bridgehead atoms. The molecule has 5 rings (SSSR count). The molecule has 2 heterocycles. The highest BCUT2D eigenvalue weighted by molar-refractivity contribution is 5.97. The van der Waals surface area contributed by atoms with Crippen LogP contribution in [0.2, 0.25) is 0 Å². The lowest BCUT2D eigenvalue weighted by Gasteiger charge is -2.18. The molecule has 0 saturated heterocycles. The molecule has 0 radical (unpaired) electrons. The maximum atomic E-state index is 14.2. The van der Waals surface area contributed by atoms with E-state index in [1.165, 1.54) is 35.0 Å². The smallest absolute Gasteiger partial charge is 0.320 e. The van der Waals surface area contributed by atoms with E-state index in [0.29, 0.717) is 34.0 Å². The van der Waals surface area contributed by atoms with Gasteiger partial charge in [-0.15, -0.1) is 0 Å². The molecule has 5 aromatic rings. The lowest BCUT2D eigenvalue weighted by molar-refractivity contribution is -0.137. The van der Waals surface area contributed by atoms with Crippen LogP contribution in [0, 0.1) is 18.7 Å². The second-order valence-corrected chi connectivity index (χ2v) is 11.3. The Bertz CT molecular complexity index is 2030. The summed E-state index contributed by atoms with van der Waals surface area (Å²) in [7, 11) is 0. The average molecular weight is 633 g/mol. The van der Waals surface area contributed by atoms with E-state index in [0.717, 1.165) is 12.1 Å². The summed E-state index contributed by atoms with van der Waals surface area (Å²) < 4.78 is 59.5. The Kier molecular flexibility index (Phi) is 8.96. The number of nitrogens with zero attached hydrogens (tertiary/aromatic N) is 3. The van der Waals surface area contributed by atoms with E-state index in [-0.39, 0.29) is 41.5 Å². The molecule has 0 spiro atoms. The summed E-state index contributed by atoms with van der Waals surface area (Å²) >= 11 is 0. The first-order chi connectivity index (χ1) is 21.8. The molecule has 0 aliphatic rings. The zero-order valence-electron chi connectivity index (χ0n) is 25.7. The lowest BCUT2D eigenvalue weighted by Crippen LogP contribution is -2.30. The number of amides is 1. The standard InChI is InChI=1S/C35H32F4N4O3/c1-5-20(3)33(45)41-29-17-40-32(24-9-7-8-23(14-24)31(44)6-2)43(34(29)46)19-22-12-25(35(37,38)39)15-27(13-22)42-18-21(4)28-16-26(36)10-11-30(28)42/h7-18,20H,5-6,19H2,1-4H3,(H,41,45)/t20-/m1/s1. The number of anilines is 1. The van der Waals surface area contributed by atoms with Gasteiger partial charge in [0.25, 0.3) is 5.56 Å². The molecule has 0 unspecified atom stereocenters. The molecule has 0 fully saturated rings. The van der Waals surface area contributed by atoms with Crippen LogP contribution in [0.25, 0.3) is 28.0 Å². The monoisotopic (exact) mass is 632 g/mol. The number of aryl methyl sites for hydroxylation is 1. The molecule has 2 aromatic heterocycles. The van der Waals surface area contributed by atoms with Gasteiger partial charge in [0.05, 0.1) is 23.8 Å². The second kappa shape index (κ2) is 12.7. The number of hydrogen-bond donors (Lipinski definition) is 1. The van der Waals surface area contributed by atoms with E-state index in [4.69, 9.17) is 0 Å². The fourth-order valence-electron chi connectivity index (χ4n) is 5.26. The SMILES string of the molecule is CCC(=O)c1cccc(-c2ncc(NC(=O)[C@H](C)CC)c(=O)n2Cc2cc(-n3cc(C)c4cc(F)ccc43)cc(C(F)(F)F)c2)c1. The van der Waals surface area contributed by atoms with E-state index < -0.39 is 34.9 Å². The first-order valence-corrected chi connectivity index (χ1v) is 14.8. The van der Waals surface area contributed by atoms with Crippen molar-refractivity contribution in [3.63, 3.8) is 0 Å². The number of carbonyl (C=O) groups excluding carboxylic acids is 2. The number of benzene rings is 3. The van der Waals surface area contributed by atoms with Gasteiger partial charge in [-0.25, -0.2) is 9.37 Å². The van der Waals surface area contributed by atoms with Gasteiger partial charge in [0, 0.05) is 40.7 Å². The number of halogens is 4. The third kappa shape index (κ3) is 6.49. The van der Waals surface area contributed by atoms with Crippen LogP contribution in [0.4, 0.5) is 23.2 Å². The molecular weight excluding hydrogens is 600 g/mol. The van der Waals surface area contributed by atoms with Crippen molar-refractivity contribution in [2.24, 2.45) is 5.92 Å². The van der Waals surface area contributed by atoms with Gasteiger partial charge in [-0.05, 0) is 66.9 Å². The number of alkyl halides is 3. The van der Waals surface area contributed by atoms with Crippen molar-refractivity contribution in [1.29, 1.82) is 0 Å². The number of Topliss-reactive ketones (excluding diaryl/α,β-unsaturated/α-hetero) is 1. The van der Waals surface area contributed by atoms with Crippen molar-refractivity contribution < 1.29 is 27.2 Å². The van der Waals surface area contributed by atoms with Crippen LogP contribution in [-0.4, -0.2) is 25.8 Å². The summed E-state index contributed by atoms with van der Waals surface area (Å²) in [6, 6.07) is 14.0. The molecular formula is C35H32F4N4O3. The molecule has 0 aliphatic carbocycles. The maximum Gasteiger partial charge on any atom is 0.416 e. The summed E-state index contributed by atoms with van der Waals surface area (Å²) in [6.07, 6.45) is -1.10. The lowest BCUT2D eigenvalue weighted by atomic mass is 10.0. The third-order valence-electron chi connectivity index (χ3n) is 8.02. The quantitative estimate of drug-likeness (QED) is 0.132. The van der Waals surface area contributed by atoms with Crippen LogP contribution in [-0.2, 0) is 17.5 Å². The fraction of sp³-hybridized carbons (Fsp3) is 0.257. The first kappa shape index (κ1) is 32.3. The van der Waals surface area contributed by atoms with Crippen molar-refractivity contribution in [2.45, 2.75) is 53.3 Å². The van der Waals surface area contributed by atoms with Crippen molar-refractivity contribution in [1.82, 2.24) is 14.1 Å². The van der Waals surface area contributed by atoms with Crippen molar-refractivity contribution in [3.8, 4) is 17.1 Å². The van der Waals surface area contributed by atoms with Crippen LogP contribution in [0.1, 0.15) is 60.7 Å². The van der Waals surface area contributed by atoms with E-state index >= 15 is 0 Å². The molecule has 1 atom stereocenters. The summed E-state index contributed by atoms with van der Waals surface area (Å²) in [6.45, 7) is 6.64. The van der Waals surface area contributed by atoms with E-state index in [1.54, 1.807) is 55.8 Å². The molecule has 0 aliphatic heterocycles. The first-order valence-electron chi connectivity index (χ1n) is 14.8. The summed E-state index contributed by atoms with van der Waals surface area (Å²) in [5, 5.41) is 3.15. The molecule has 3 aromatic carbocycles. The minimum Gasteiger partial charge on any atom is -0.320 e. The predicted molar refractivity (Wildman–Crippen MR) is 169 cm³/mol. The summed E-state index contributed by atoms with van der Waals surface area (Å²) in [5.41, 5.74) is 0.512. The zero-order chi connectivity index (χ0) is 33.3. The maximum absolute atomic E-state index is 14.2. The second-order valence-electron chi connectivity index (χ2n) is 11.3. The van der Waals surface area contributed by atoms with Crippen molar-refractivity contribution in [3.05, 3.63) is 111 Å². The average Bonchev–Trinajstić information content (AvgIpc) is 3.36. The minimum absolute atomic E-state index is 0.106. The molecule has 1 amide bonds. The highest BCUT2D eigenvalue weighted by Crippen LogP contribution is 2.34. The number of aromatic nitrogens is 3. The number of rotatable bonds is 9. The normalized spacial score (nSPS) is 12.3. The Morgan fingerprint density at radius 2 is 1.78 bits per heavy atom. The highest BCUT2D eigenvalue weighted by Gasteiger charge is 2.32. The van der Waals surface area contributed by atoms with Crippen LogP contribution in [0.15, 0.2) is 77.9 Å². The fourth-order valence-corrected chi connectivity index (χ4v) is 5.26. The number of fused-ring (bicyclic) bond motifs is 1. The van der Waals surface area contributed by atoms with Gasteiger partial charge in [-0.2, -0.15) is 13.2 Å². The molecule has 46 heavy (non-hydrogen) atoms. The van der Waals surface area contributed by atoms with E-state index in [1.807, 2.05) is 6.92 Å². The van der Waals surface area contributed by atoms with Gasteiger partial charge in [-0.3, -0.25) is 19.0 Å². The summed E-state index contributed by atoms with van der Waals surface area (Å²) in [4.78, 5) is 43.5. The number of hydrogen-bond acceptors (Lipinski definition) is 4. The molecule has 238 valence electrons. The van der Waals surface area contributed by atoms with Gasteiger partial charge >= 0.3 is 6.18 Å². The van der Waals surface area contributed by atoms with Gasteiger partial charge in [0.2, 0.25) is 5.91 Å². The molecule has 11 heteroatoms. The number of nitrogens with one attached hydrogen (secondary N) is 1. The van der Waals surface area contributed by atoms with Crippen LogP contribution < -0.4 is 10.9 Å². The van der Waals surface area contributed by atoms with Crippen LogP contribution >= 0.6 is 0 Å². The van der Waals surface area contributed by atoms with Gasteiger partial charge in [0.1, 0.15) is 17.3 Å². The Hall–Kier alpha value is -5.06. The Balaban J connectivity index is 1.70. The van der Waals surface area contributed by atoms with Crippen LogP contribution in [0.5, 0.6) is 0 Å². The van der Waals surface area contributed by atoms with Crippen molar-refractivity contribution >= 4 is 28.3 Å². The molecule has 7 nitrogen and oxygen atoms in total. The number of carbonyl (C=O) groups is 2. The van der Waals surface area contributed by atoms with Gasteiger partial charge < -0.3 is 9.88 Å². The zero-order valence-corrected chi connectivity index (χ0v) is 25.7. The third-order valence-corrected chi connectivity index (χ3v) is 8.02. The van der Waals surface area contributed by atoms with Crippen LogP contribution in [0.3, 0.4) is 0 Å². The van der Waals surface area contributed by atoms with Gasteiger partial charge in [0.15, 0.2) is 5.78 Å². The van der Waals surface area contributed by atoms with Crippen molar-refractivity contribution in [2.75, 3.05) is 5.32 Å². The molecule has 0 saturated carbocycles. The Labute approximate surface area is 262 Å². The summed E-state index contributed by atoms with van der Waals surface area (Å²) in [5.74, 6) is -1.30. The largest absolute Gasteiger partial charge is 0.416 e. The Morgan fingerprint density at radius 1 is 1.02 bits per heavy atom. The van der Waals surface area contributed by atoms with Gasteiger partial charge in [-0.1, -0.05) is 39.0 Å². The Morgan fingerprint density at radius 3 is 2.48 bits per heavy atom. The van der Waals surface area contributed by atoms with E-state index in [9.17, 15) is 31.9 Å². The highest BCUT2D eigenvalue weighted by atomic mass is 19.4.